The molecule has 1 unspecified atom stereocenters. The Morgan fingerprint density at radius 3 is 2.90 bits per heavy atom. The molecular formula is C17H20NO3+. The van der Waals surface area contributed by atoms with Gasteiger partial charge >= 0.3 is 0 Å². The molecule has 4 rings (SSSR count). The monoisotopic (exact) mass is 286 g/mol. The second-order valence-electron chi connectivity index (χ2n) is 6.23. The van der Waals surface area contributed by atoms with Crippen molar-refractivity contribution in [2.45, 2.75) is 32.6 Å². The molecule has 0 radical (unpaired) electrons. The molecule has 21 heavy (non-hydrogen) atoms. The molecule has 0 spiro atoms. The second kappa shape index (κ2) is 4.86. The number of hydrogen-bond donors (Lipinski definition) is 0. The first-order valence-electron chi connectivity index (χ1n) is 7.76. The highest BCUT2D eigenvalue weighted by molar-refractivity contribution is 6.03. The Morgan fingerprint density at radius 1 is 1.29 bits per heavy atom. The molecule has 1 aromatic rings. The van der Waals surface area contributed by atoms with Gasteiger partial charge in [0.1, 0.15) is 18.9 Å². The second-order valence-corrected chi connectivity index (χ2v) is 6.23. The van der Waals surface area contributed by atoms with Crippen LogP contribution < -0.4 is 9.47 Å². The average Bonchev–Trinajstić information content (AvgIpc) is 2.91. The zero-order valence-electron chi connectivity index (χ0n) is 12.4. The van der Waals surface area contributed by atoms with Crippen molar-refractivity contribution in [3.63, 3.8) is 0 Å². The number of carbonyl (C=O) groups is 1. The summed E-state index contributed by atoms with van der Waals surface area (Å²) in [6.45, 7) is 4.17. The highest BCUT2D eigenvalue weighted by Gasteiger charge is 2.37. The predicted octanol–water partition coefficient (Wildman–Crippen LogP) is 2.16. The lowest BCUT2D eigenvalue weighted by Crippen LogP contribution is -2.39. The van der Waals surface area contributed by atoms with E-state index < -0.39 is 0 Å². The first-order chi connectivity index (χ1) is 10.2. The van der Waals surface area contributed by atoms with Gasteiger partial charge in [-0.15, -0.1) is 0 Å². The Labute approximate surface area is 124 Å². The zero-order valence-corrected chi connectivity index (χ0v) is 12.4. The van der Waals surface area contributed by atoms with Gasteiger partial charge in [-0.1, -0.05) is 0 Å². The van der Waals surface area contributed by atoms with Crippen molar-refractivity contribution in [3.8, 4) is 11.5 Å². The number of carbonyl (C=O) groups excluding carboxylic acids is 1. The molecule has 0 bridgehead atoms. The first-order valence-corrected chi connectivity index (χ1v) is 7.76. The largest absolute Gasteiger partial charge is 0.454 e. The molecule has 0 amide bonds. The minimum Gasteiger partial charge on any atom is -0.454 e. The van der Waals surface area contributed by atoms with Gasteiger partial charge in [-0.05, 0) is 31.0 Å². The highest BCUT2D eigenvalue weighted by atomic mass is 16.7. The lowest BCUT2D eigenvalue weighted by atomic mass is 9.81. The van der Waals surface area contributed by atoms with Crippen LogP contribution in [0.1, 0.15) is 37.3 Å². The molecule has 0 aromatic heterocycles. The van der Waals surface area contributed by atoms with Crippen molar-refractivity contribution in [3.05, 3.63) is 23.3 Å². The minimum atomic E-state index is 0.280. The van der Waals surface area contributed by atoms with Gasteiger partial charge < -0.3 is 14.3 Å². The number of rotatable bonds is 2. The molecular weight excluding hydrogens is 266 g/mol. The molecule has 4 heteroatoms. The molecule has 1 atom stereocenters. The summed E-state index contributed by atoms with van der Waals surface area (Å²) >= 11 is 0. The van der Waals surface area contributed by atoms with E-state index in [2.05, 4.69) is 16.7 Å². The number of nitrogens with zero attached hydrogens (tertiary/aromatic N) is 1. The predicted molar refractivity (Wildman–Crippen MR) is 78.4 cm³/mol. The minimum absolute atomic E-state index is 0.280. The standard InChI is InChI=1S/C17H20NO3/c1-11(19)7-13-3-2-5-18-6-4-12-8-15-16(21-10-20-15)9-14(12)17(13)18/h8-9,13H,2-7,10H2,1H3/q+1. The summed E-state index contributed by atoms with van der Waals surface area (Å²) in [4.78, 5) is 11.6. The Bertz CT molecular complexity index is 648. The van der Waals surface area contributed by atoms with E-state index in [0.29, 0.717) is 19.1 Å². The molecule has 0 saturated heterocycles. The lowest BCUT2D eigenvalue weighted by molar-refractivity contribution is -0.535. The first kappa shape index (κ1) is 12.9. The summed E-state index contributed by atoms with van der Waals surface area (Å²) in [5, 5.41) is 0. The molecule has 3 heterocycles. The van der Waals surface area contributed by atoms with E-state index in [0.717, 1.165) is 37.4 Å². The fraction of sp³-hybridized carbons (Fsp3) is 0.529. The van der Waals surface area contributed by atoms with Crippen molar-refractivity contribution in [2.75, 3.05) is 19.9 Å². The molecule has 3 aliphatic heterocycles. The number of Topliss-reactive ketones (excluding diaryl/α,β-unsaturated/α-hetero) is 1. The third kappa shape index (κ3) is 2.13. The van der Waals surface area contributed by atoms with Gasteiger partial charge in [0, 0.05) is 24.8 Å². The van der Waals surface area contributed by atoms with Crippen LogP contribution in [-0.4, -0.2) is 36.0 Å². The van der Waals surface area contributed by atoms with E-state index in [1.807, 2.05) is 0 Å². The average molecular weight is 286 g/mol. The van der Waals surface area contributed by atoms with E-state index in [-0.39, 0.29) is 5.78 Å². The van der Waals surface area contributed by atoms with Gasteiger partial charge in [-0.2, -0.15) is 0 Å². The molecule has 0 fully saturated rings. The van der Waals surface area contributed by atoms with E-state index in [1.54, 1.807) is 6.92 Å². The van der Waals surface area contributed by atoms with Crippen LogP contribution in [0.5, 0.6) is 11.5 Å². The SMILES string of the molecule is CC(=O)CC1CCC[N+]2=C1c1cc3c(cc1CC2)OCO3. The number of benzene rings is 1. The number of hydrogen-bond acceptors (Lipinski definition) is 3. The topological polar surface area (TPSA) is 38.5 Å². The van der Waals surface area contributed by atoms with Crippen LogP contribution >= 0.6 is 0 Å². The summed E-state index contributed by atoms with van der Waals surface area (Å²) in [5.74, 6) is 2.34. The fourth-order valence-electron chi connectivity index (χ4n) is 3.90. The van der Waals surface area contributed by atoms with E-state index >= 15 is 0 Å². The summed E-state index contributed by atoms with van der Waals surface area (Å²) < 4.78 is 13.5. The maximum Gasteiger partial charge on any atom is 0.231 e. The third-order valence-corrected chi connectivity index (χ3v) is 4.77. The molecule has 0 aliphatic carbocycles. The van der Waals surface area contributed by atoms with Gasteiger partial charge in [-0.3, -0.25) is 0 Å². The quantitative estimate of drug-likeness (QED) is 0.782. The number of ether oxygens (including phenoxy) is 2. The Hall–Kier alpha value is -1.84. The van der Waals surface area contributed by atoms with Gasteiger partial charge in [-0.25, -0.2) is 4.58 Å². The molecule has 1 aromatic carbocycles. The van der Waals surface area contributed by atoms with Crippen LogP contribution in [0.2, 0.25) is 0 Å². The van der Waals surface area contributed by atoms with Crippen LogP contribution in [0.3, 0.4) is 0 Å². The molecule has 4 nitrogen and oxygen atoms in total. The van der Waals surface area contributed by atoms with Crippen molar-refractivity contribution >= 4 is 11.5 Å². The summed E-state index contributed by atoms with van der Waals surface area (Å²) in [6, 6.07) is 4.25. The van der Waals surface area contributed by atoms with E-state index in [9.17, 15) is 4.79 Å². The van der Waals surface area contributed by atoms with Crippen LogP contribution in [0.25, 0.3) is 0 Å². The fourth-order valence-corrected chi connectivity index (χ4v) is 3.90. The summed E-state index contributed by atoms with van der Waals surface area (Å²) in [5.41, 5.74) is 3.97. The van der Waals surface area contributed by atoms with Crippen molar-refractivity contribution in [1.29, 1.82) is 0 Å². The lowest BCUT2D eigenvalue weighted by Gasteiger charge is -2.27. The van der Waals surface area contributed by atoms with Crippen LogP contribution in [0.15, 0.2) is 12.1 Å². The van der Waals surface area contributed by atoms with Crippen LogP contribution in [0, 0.1) is 5.92 Å². The van der Waals surface area contributed by atoms with E-state index in [1.165, 1.54) is 23.3 Å². The Kier molecular flexibility index (Phi) is 2.98. The van der Waals surface area contributed by atoms with Crippen LogP contribution in [-0.2, 0) is 11.2 Å². The number of ketones is 1. The smallest absolute Gasteiger partial charge is 0.231 e. The summed E-state index contributed by atoms with van der Waals surface area (Å²) in [6.07, 6.45) is 3.99. The van der Waals surface area contributed by atoms with Crippen molar-refractivity contribution in [2.24, 2.45) is 5.92 Å². The highest BCUT2D eigenvalue weighted by Crippen LogP contribution is 2.38. The number of fused-ring (bicyclic) bond motifs is 3. The Balaban J connectivity index is 1.81. The maximum absolute atomic E-state index is 11.6. The zero-order chi connectivity index (χ0) is 14.4. The molecule has 3 aliphatic rings. The normalized spacial score (nSPS) is 22.8. The third-order valence-electron chi connectivity index (χ3n) is 4.77. The van der Waals surface area contributed by atoms with Gasteiger partial charge in [0.05, 0.1) is 5.92 Å². The van der Waals surface area contributed by atoms with Gasteiger partial charge in [0.25, 0.3) is 0 Å². The van der Waals surface area contributed by atoms with Crippen molar-refractivity contribution in [1.82, 2.24) is 0 Å². The molecule has 0 saturated carbocycles. The molecule has 0 N–H and O–H groups in total. The van der Waals surface area contributed by atoms with Gasteiger partial charge in [0.15, 0.2) is 17.2 Å². The van der Waals surface area contributed by atoms with E-state index in [4.69, 9.17) is 9.47 Å². The summed E-state index contributed by atoms with van der Waals surface area (Å²) in [7, 11) is 0. The molecule has 110 valence electrons. The maximum atomic E-state index is 11.6. The van der Waals surface area contributed by atoms with Crippen LogP contribution in [0.4, 0.5) is 0 Å². The Morgan fingerprint density at radius 2 is 2.10 bits per heavy atom. The van der Waals surface area contributed by atoms with Gasteiger partial charge in [0.2, 0.25) is 6.79 Å². The van der Waals surface area contributed by atoms with Crippen molar-refractivity contribution < 1.29 is 18.8 Å².